The zero-order valence-corrected chi connectivity index (χ0v) is 13.5. The summed E-state index contributed by atoms with van der Waals surface area (Å²) in [6.07, 6.45) is 5.14. The third kappa shape index (κ3) is 3.46. The van der Waals surface area contributed by atoms with E-state index in [1.807, 2.05) is 6.07 Å². The lowest BCUT2D eigenvalue weighted by Crippen LogP contribution is -2.36. The van der Waals surface area contributed by atoms with Gasteiger partial charge in [0.1, 0.15) is 11.6 Å². The second-order valence-corrected chi connectivity index (χ2v) is 6.52. The summed E-state index contributed by atoms with van der Waals surface area (Å²) < 4.78 is 5.43. The third-order valence-electron chi connectivity index (χ3n) is 4.81. The second-order valence-electron chi connectivity index (χ2n) is 6.52. The van der Waals surface area contributed by atoms with Crippen LogP contribution in [0.1, 0.15) is 31.5 Å². The van der Waals surface area contributed by atoms with Crippen LogP contribution < -0.4 is 5.32 Å². The molecule has 2 aromatic rings. The number of benzene rings is 1. The molecule has 1 saturated carbocycles. The molecule has 0 atom stereocenters. The maximum Gasteiger partial charge on any atom is 0.145 e. The van der Waals surface area contributed by atoms with E-state index in [0.29, 0.717) is 6.04 Å². The van der Waals surface area contributed by atoms with Crippen molar-refractivity contribution in [3.63, 3.8) is 0 Å². The smallest absolute Gasteiger partial charge is 0.145 e. The van der Waals surface area contributed by atoms with Crippen LogP contribution in [-0.4, -0.2) is 47.2 Å². The fraction of sp³-hybridized carbons (Fsp3) is 0.556. The largest absolute Gasteiger partial charge is 0.379 e. The lowest BCUT2D eigenvalue weighted by atomic mass is 10.2. The number of nitrogens with one attached hydrogen (secondary N) is 1. The lowest BCUT2D eigenvalue weighted by Gasteiger charge is -2.26. The molecule has 1 aliphatic heterocycles. The standard InChI is InChI=1S/C18H24N4O/c1-2-6-14(5-1)19-18-15-7-3-4-8-16(15)20-17(21-18)13-22-9-11-23-12-10-22/h3-4,7-8,14H,1-2,5-6,9-13H2,(H,19,20,21). The van der Waals surface area contributed by atoms with Crippen molar-refractivity contribution in [2.75, 3.05) is 31.6 Å². The number of morpholine rings is 1. The van der Waals surface area contributed by atoms with Crippen molar-refractivity contribution in [3.05, 3.63) is 30.1 Å². The molecule has 1 aromatic heterocycles. The Morgan fingerprint density at radius 1 is 1.09 bits per heavy atom. The van der Waals surface area contributed by atoms with E-state index in [1.165, 1.54) is 25.7 Å². The number of ether oxygens (including phenoxy) is 1. The highest BCUT2D eigenvalue weighted by molar-refractivity contribution is 5.89. The summed E-state index contributed by atoms with van der Waals surface area (Å²) in [7, 11) is 0. The summed E-state index contributed by atoms with van der Waals surface area (Å²) in [4.78, 5) is 12.0. The van der Waals surface area contributed by atoms with Gasteiger partial charge in [0, 0.05) is 24.5 Å². The minimum absolute atomic E-state index is 0.560. The predicted molar refractivity (Wildman–Crippen MR) is 91.5 cm³/mol. The molecular formula is C18H24N4O. The van der Waals surface area contributed by atoms with Gasteiger partial charge in [0.15, 0.2) is 0 Å². The van der Waals surface area contributed by atoms with E-state index < -0.39 is 0 Å². The third-order valence-corrected chi connectivity index (χ3v) is 4.81. The van der Waals surface area contributed by atoms with E-state index >= 15 is 0 Å². The molecule has 1 aliphatic carbocycles. The number of anilines is 1. The van der Waals surface area contributed by atoms with Crippen LogP contribution >= 0.6 is 0 Å². The molecule has 4 rings (SSSR count). The van der Waals surface area contributed by atoms with Crippen molar-refractivity contribution in [3.8, 4) is 0 Å². The number of para-hydroxylation sites is 1. The molecule has 0 bridgehead atoms. The second kappa shape index (κ2) is 6.81. The predicted octanol–water partition coefficient (Wildman–Crippen LogP) is 2.82. The first-order valence-corrected chi connectivity index (χ1v) is 8.71. The highest BCUT2D eigenvalue weighted by Crippen LogP contribution is 2.26. The van der Waals surface area contributed by atoms with Gasteiger partial charge in [0.05, 0.1) is 25.3 Å². The number of fused-ring (bicyclic) bond motifs is 1. The molecule has 5 nitrogen and oxygen atoms in total. The summed E-state index contributed by atoms with van der Waals surface area (Å²) in [5.74, 6) is 1.91. The highest BCUT2D eigenvalue weighted by atomic mass is 16.5. The summed E-state index contributed by atoms with van der Waals surface area (Å²) >= 11 is 0. The normalized spacial score (nSPS) is 20.2. The quantitative estimate of drug-likeness (QED) is 0.941. The monoisotopic (exact) mass is 312 g/mol. The van der Waals surface area contributed by atoms with Gasteiger partial charge < -0.3 is 10.1 Å². The van der Waals surface area contributed by atoms with Gasteiger partial charge in [-0.1, -0.05) is 25.0 Å². The number of hydrogen-bond acceptors (Lipinski definition) is 5. The fourth-order valence-corrected chi connectivity index (χ4v) is 3.53. The van der Waals surface area contributed by atoms with Gasteiger partial charge in [-0.2, -0.15) is 0 Å². The minimum Gasteiger partial charge on any atom is -0.379 e. The Kier molecular flexibility index (Phi) is 4.39. The van der Waals surface area contributed by atoms with Gasteiger partial charge in [-0.15, -0.1) is 0 Å². The Morgan fingerprint density at radius 2 is 1.87 bits per heavy atom. The van der Waals surface area contributed by atoms with E-state index in [4.69, 9.17) is 14.7 Å². The molecular weight excluding hydrogens is 288 g/mol. The molecule has 2 heterocycles. The maximum absolute atomic E-state index is 5.43. The van der Waals surface area contributed by atoms with Crippen molar-refractivity contribution >= 4 is 16.7 Å². The van der Waals surface area contributed by atoms with Crippen LogP contribution in [0.3, 0.4) is 0 Å². The molecule has 1 aromatic carbocycles. The minimum atomic E-state index is 0.560. The first-order valence-electron chi connectivity index (χ1n) is 8.71. The Balaban J connectivity index is 1.62. The molecule has 1 saturated heterocycles. The number of hydrogen-bond donors (Lipinski definition) is 1. The molecule has 2 fully saturated rings. The van der Waals surface area contributed by atoms with Crippen LogP contribution in [0.25, 0.3) is 10.9 Å². The maximum atomic E-state index is 5.43. The summed E-state index contributed by atoms with van der Waals surface area (Å²) in [5, 5.41) is 4.80. The van der Waals surface area contributed by atoms with Crippen LogP contribution in [0.5, 0.6) is 0 Å². The van der Waals surface area contributed by atoms with Crippen molar-refractivity contribution < 1.29 is 4.74 Å². The fourth-order valence-electron chi connectivity index (χ4n) is 3.53. The molecule has 122 valence electrons. The topological polar surface area (TPSA) is 50.3 Å². The average molecular weight is 312 g/mol. The first kappa shape index (κ1) is 14.8. The van der Waals surface area contributed by atoms with E-state index in [9.17, 15) is 0 Å². The summed E-state index contributed by atoms with van der Waals surface area (Å²) in [6.45, 7) is 4.33. The molecule has 0 amide bonds. The zero-order valence-electron chi connectivity index (χ0n) is 13.5. The van der Waals surface area contributed by atoms with E-state index in [0.717, 1.165) is 55.4 Å². The van der Waals surface area contributed by atoms with Gasteiger partial charge in [0.25, 0.3) is 0 Å². The van der Waals surface area contributed by atoms with Gasteiger partial charge in [-0.05, 0) is 25.0 Å². The van der Waals surface area contributed by atoms with Crippen molar-refractivity contribution in [2.45, 2.75) is 38.3 Å². The SMILES string of the molecule is c1ccc2c(NC3CCCC3)nc(CN3CCOCC3)nc2c1. The van der Waals surface area contributed by atoms with Crippen molar-refractivity contribution in [1.29, 1.82) is 0 Å². The first-order chi connectivity index (χ1) is 11.4. The number of rotatable bonds is 4. The van der Waals surface area contributed by atoms with Crippen molar-refractivity contribution in [1.82, 2.24) is 14.9 Å². The molecule has 23 heavy (non-hydrogen) atoms. The molecule has 1 N–H and O–H groups in total. The Hall–Kier alpha value is -1.72. The molecule has 5 heteroatoms. The van der Waals surface area contributed by atoms with Crippen LogP contribution in [0.2, 0.25) is 0 Å². The molecule has 0 spiro atoms. The van der Waals surface area contributed by atoms with E-state index in [-0.39, 0.29) is 0 Å². The van der Waals surface area contributed by atoms with Crippen LogP contribution in [0, 0.1) is 0 Å². The lowest BCUT2D eigenvalue weighted by molar-refractivity contribution is 0.0331. The molecule has 0 radical (unpaired) electrons. The average Bonchev–Trinajstić information content (AvgIpc) is 3.09. The Bertz CT molecular complexity index is 663. The number of aromatic nitrogens is 2. The van der Waals surface area contributed by atoms with Gasteiger partial charge in [-0.25, -0.2) is 9.97 Å². The molecule has 0 unspecified atom stereocenters. The number of nitrogens with zero attached hydrogens (tertiary/aromatic N) is 3. The van der Waals surface area contributed by atoms with Crippen LogP contribution in [-0.2, 0) is 11.3 Å². The van der Waals surface area contributed by atoms with Crippen molar-refractivity contribution in [2.24, 2.45) is 0 Å². The van der Waals surface area contributed by atoms with Crippen LogP contribution in [0.15, 0.2) is 24.3 Å². The highest BCUT2D eigenvalue weighted by Gasteiger charge is 2.18. The summed E-state index contributed by atoms with van der Waals surface area (Å²) in [5.41, 5.74) is 1.03. The van der Waals surface area contributed by atoms with E-state index in [2.05, 4.69) is 28.4 Å². The zero-order chi connectivity index (χ0) is 15.5. The molecule has 2 aliphatic rings. The Labute approximate surface area is 137 Å². The van der Waals surface area contributed by atoms with Crippen LogP contribution in [0.4, 0.5) is 5.82 Å². The van der Waals surface area contributed by atoms with Gasteiger partial charge >= 0.3 is 0 Å². The summed E-state index contributed by atoms with van der Waals surface area (Å²) in [6, 6.07) is 8.87. The van der Waals surface area contributed by atoms with Gasteiger partial charge in [0.2, 0.25) is 0 Å². The van der Waals surface area contributed by atoms with Gasteiger partial charge in [-0.3, -0.25) is 4.90 Å². The Morgan fingerprint density at radius 3 is 2.70 bits per heavy atom. The van der Waals surface area contributed by atoms with E-state index in [1.54, 1.807) is 0 Å².